The maximum absolute atomic E-state index is 12.4. The van der Waals surface area contributed by atoms with Crippen LogP contribution in [0.2, 0.25) is 0 Å². The molecule has 0 spiro atoms. The van der Waals surface area contributed by atoms with E-state index in [1.807, 2.05) is 18.2 Å². The number of likely N-dealkylation sites (N-methyl/N-ethyl adjacent to an activating group) is 1. The Bertz CT molecular complexity index is 832. The molecule has 0 aliphatic rings. The molecule has 1 aromatic carbocycles. The van der Waals surface area contributed by atoms with E-state index in [2.05, 4.69) is 15.6 Å². The van der Waals surface area contributed by atoms with Crippen LogP contribution in [0.15, 0.2) is 36.5 Å². The molecule has 138 valence electrons. The Hall–Kier alpha value is -2.96. The van der Waals surface area contributed by atoms with Crippen molar-refractivity contribution in [1.82, 2.24) is 20.5 Å². The summed E-state index contributed by atoms with van der Waals surface area (Å²) in [5, 5.41) is 6.61. The first kappa shape index (κ1) is 19.4. The third kappa shape index (κ3) is 5.27. The van der Waals surface area contributed by atoms with Crippen molar-refractivity contribution in [3.8, 4) is 0 Å². The smallest absolute Gasteiger partial charge is 0.251 e. The summed E-state index contributed by atoms with van der Waals surface area (Å²) < 4.78 is 0. The molecule has 1 aromatic heterocycles. The fraction of sp³-hybridized carbons (Fsp3) is 0.368. The van der Waals surface area contributed by atoms with Crippen molar-refractivity contribution in [2.45, 2.75) is 26.3 Å². The summed E-state index contributed by atoms with van der Waals surface area (Å²) in [6.07, 6.45) is 1.68. The second-order valence-corrected chi connectivity index (χ2v) is 6.90. The van der Waals surface area contributed by atoms with Gasteiger partial charge in [0.05, 0.1) is 17.6 Å². The Morgan fingerprint density at radius 3 is 2.62 bits per heavy atom. The minimum Gasteiger partial charge on any atom is -0.350 e. The highest BCUT2D eigenvalue weighted by Gasteiger charge is 2.22. The van der Waals surface area contributed by atoms with Crippen LogP contribution in [0.3, 0.4) is 0 Å². The Morgan fingerprint density at radius 1 is 1.19 bits per heavy atom. The lowest BCUT2D eigenvalue weighted by Gasteiger charge is -2.27. The van der Waals surface area contributed by atoms with Crippen LogP contribution in [-0.4, -0.2) is 53.3 Å². The molecule has 0 saturated heterocycles. The average Bonchev–Trinajstić information content (AvgIpc) is 2.58. The van der Waals surface area contributed by atoms with Crippen molar-refractivity contribution in [2.24, 2.45) is 0 Å². The molecule has 0 aliphatic carbocycles. The van der Waals surface area contributed by atoms with E-state index in [0.29, 0.717) is 5.56 Å². The van der Waals surface area contributed by atoms with E-state index in [0.717, 1.165) is 10.9 Å². The van der Waals surface area contributed by atoms with Gasteiger partial charge < -0.3 is 15.5 Å². The van der Waals surface area contributed by atoms with Gasteiger partial charge in [0.2, 0.25) is 11.8 Å². The highest BCUT2D eigenvalue weighted by Crippen LogP contribution is 2.13. The molecule has 3 amide bonds. The van der Waals surface area contributed by atoms with E-state index in [1.165, 1.54) is 11.8 Å². The lowest BCUT2D eigenvalue weighted by atomic mass is 10.0. The van der Waals surface area contributed by atoms with Crippen LogP contribution in [0.25, 0.3) is 10.9 Å². The summed E-state index contributed by atoms with van der Waals surface area (Å²) in [7, 11) is 1.56. The average molecular weight is 356 g/mol. The number of nitrogens with one attached hydrogen (secondary N) is 2. The van der Waals surface area contributed by atoms with Crippen LogP contribution < -0.4 is 10.6 Å². The summed E-state index contributed by atoms with van der Waals surface area (Å²) in [4.78, 5) is 41.2. The van der Waals surface area contributed by atoms with Gasteiger partial charge in [-0.2, -0.15) is 0 Å². The number of hydrogen-bond acceptors (Lipinski definition) is 4. The second-order valence-electron chi connectivity index (χ2n) is 6.90. The van der Waals surface area contributed by atoms with E-state index in [4.69, 9.17) is 0 Å². The maximum atomic E-state index is 12.4. The molecule has 7 heteroatoms. The summed E-state index contributed by atoms with van der Waals surface area (Å²) in [5.41, 5.74) is 0.606. The van der Waals surface area contributed by atoms with Crippen LogP contribution in [-0.2, 0) is 9.59 Å². The zero-order chi connectivity index (χ0) is 19.3. The van der Waals surface area contributed by atoms with Gasteiger partial charge in [-0.15, -0.1) is 0 Å². The molecule has 0 aliphatic heterocycles. The van der Waals surface area contributed by atoms with Gasteiger partial charge in [0.25, 0.3) is 5.91 Å². The fourth-order valence-electron chi connectivity index (χ4n) is 2.40. The molecule has 0 unspecified atom stereocenters. The number of aromatic nitrogens is 1. The zero-order valence-corrected chi connectivity index (χ0v) is 15.5. The Balaban J connectivity index is 1.93. The van der Waals surface area contributed by atoms with Gasteiger partial charge >= 0.3 is 0 Å². The van der Waals surface area contributed by atoms with Crippen LogP contribution in [0, 0.1) is 0 Å². The Labute approximate surface area is 152 Å². The third-order valence-corrected chi connectivity index (χ3v) is 3.96. The molecule has 1 heterocycles. The van der Waals surface area contributed by atoms with Crippen molar-refractivity contribution in [3.63, 3.8) is 0 Å². The van der Waals surface area contributed by atoms with Crippen molar-refractivity contribution < 1.29 is 14.4 Å². The molecular weight excluding hydrogens is 332 g/mol. The summed E-state index contributed by atoms with van der Waals surface area (Å²) in [6, 6.07) is 9.10. The molecule has 2 aromatic rings. The quantitative estimate of drug-likeness (QED) is 0.817. The number of amides is 3. The molecule has 2 N–H and O–H groups in total. The first-order valence-corrected chi connectivity index (χ1v) is 8.34. The monoisotopic (exact) mass is 356 g/mol. The Morgan fingerprint density at radius 2 is 1.92 bits per heavy atom. The largest absolute Gasteiger partial charge is 0.350 e. The maximum Gasteiger partial charge on any atom is 0.251 e. The first-order valence-electron chi connectivity index (χ1n) is 8.34. The standard InChI is InChI=1S/C19H24N4O3/c1-13(24)23(4)11-17(25)22-19(2,3)12-21-18(26)15-8-7-14-6-5-9-20-16(14)10-15/h5-10H,11-12H2,1-4H3,(H,21,26)(H,22,25). The van der Waals surface area contributed by atoms with Gasteiger partial charge in [-0.1, -0.05) is 12.1 Å². The van der Waals surface area contributed by atoms with E-state index in [9.17, 15) is 14.4 Å². The number of nitrogens with zero attached hydrogens (tertiary/aromatic N) is 2. The van der Waals surface area contributed by atoms with Crippen LogP contribution in [0.5, 0.6) is 0 Å². The molecule has 7 nitrogen and oxygen atoms in total. The second kappa shape index (κ2) is 7.95. The number of fused-ring (bicyclic) bond motifs is 1. The Kier molecular flexibility index (Phi) is 5.92. The summed E-state index contributed by atoms with van der Waals surface area (Å²) in [5.74, 6) is -0.700. The topological polar surface area (TPSA) is 91.4 Å². The highest BCUT2D eigenvalue weighted by molar-refractivity contribution is 5.97. The van der Waals surface area contributed by atoms with E-state index in [-0.39, 0.29) is 30.8 Å². The molecular formula is C19H24N4O3. The SMILES string of the molecule is CC(=O)N(C)CC(=O)NC(C)(C)CNC(=O)c1ccc2cccnc2c1. The van der Waals surface area contributed by atoms with Gasteiger partial charge in [-0.05, 0) is 32.0 Å². The van der Waals surface area contributed by atoms with E-state index < -0.39 is 5.54 Å². The first-order chi connectivity index (χ1) is 12.2. The number of benzene rings is 1. The molecule has 26 heavy (non-hydrogen) atoms. The fourth-order valence-corrected chi connectivity index (χ4v) is 2.40. The lowest BCUT2D eigenvalue weighted by molar-refractivity contribution is -0.133. The van der Waals surface area contributed by atoms with Gasteiger partial charge in [0.1, 0.15) is 0 Å². The van der Waals surface area contributed by atoms with Gasteiger partial charge in [-0.25, -0.2) is 0 Å². The number of carbonyl (C=O) groups excluding carboxylic acids is 3. The zero-order valence-electron chi connectivity index (χ0n) is 15.5. The van der Waals surface area contributed by atoms with E-state index in [1.54, 1.807) is 39.2 Å². The molecule has 2 rings (SSSR count). The van der Waals surface area contributed by atoms with Crippen molar-refractivity contribution >= 4 is 28.6 Å². The van der Waals surface area contributed by atoms with Gasteiger partial charge in [0, 0.05) is 37.7 Å². The van der Waals surface area contributed by atoms with Crippen LogP contribution in [0.4, 0.5) is 0 Å². The molecule has 0 fully saturated rings. The number of pyridine rings is 1. The molecule has 0 radical (unpaired) electrons. The summed E-state index contributed by atoms with van der Waals surface area (Å²) in [6.45, 7) is 5.24. The third-order valence-electron chi connectivity index (χ3n) is 3.96. The molecule has 0 bridgehead atoms. The minimum atomic E-state index is -0.653. The summed E-state index contributed by atoms with van der Waals surface area (Å²) >= 11 is 0. The van der Waals surface area contributed by atoms with Crippen LogP contribution >= 0.6 is 0 Å². The van der Waals surface area contributed by atoms with Crippen LogP contribution in [0.1, 0.15) is 31.1 Å². The lowest BCUT2D eigenvalue weighted by Crippen LogP contribution is -2.53. The van der Waals surface area contributed by atoms with Gasteiger partial charge in [0.15, 0.2) is 0 Å². The number of rotatable bonds is 6. The predicted molar refractivity (Wildman–Crippen MR) is 99.6 cm³/mol. The highest BCUT2D eigenvalue weighted by atomic mass is 16.2. The number of hydrogen-bond donors (Lipinski definition) is 2. The normalized spacial score (nSPS) is 11.1. The van der Waals surface area contributed by atoms with Crippen molar-refractivity contribution in [2.75, 3.05) is 20.1 Å². The minimum absolute atomic E-state index is 0.0247. The van der Waals surface area contributed by atoms with Crippen molar-refractivity contribution in [1.29, 1.82) is 0 Å². The number of carbonyl (C=O) groups is 3. The van der Waals surface area contributed by atoms with Gasteiger partial charge in [-0.3, -0.25) is 19.4 Å². The van der Waals surface area contributed by atoms with Crippen molar-refractivity contribution in [3.05, 3.63) is 42.1 Å². The predicted octanol–water partition coefficient (Wildman–Crippen LogP) is 1.34. The molecule has 0 saturated carbocycles. The van der Waals surface area contributed by atoms with E-state index >= 15 is 0 Å². The molecule has 0 atom stereocenters.